The Morgan fingerprint density at radius 1 is 1.17 bits per heavy atom. The molecule has 0 saturated carbocycles. The molecule has 0 aliphatic carbocycles. The maximum absolute atomic E-state index is 12.2. The van der Waals surface area contributed by atoms with Gasteiger partial charge in [0.15, 0.2) is 11.5 Å². The van der Waals surface area contributed by atoms with Crippen molar-refractivity contribution >= 4 is 10.8 Å². The van der Waals surface area contributed by atoms with Gasteiger partial charge in [0.1, 0.15) is 25.1 Å². The molecule has 0 aromatic heterocycles. The van der Waals surface area contributed by atoms with Crippen molar-refractivity contribution in [1.82, 2.24) is 5.32 Å². The summed E-state index contributed by atoms with van der Waals surface area (Å²) in [7, 11) is 0.640. The van der Waals surface area contributed by atoms with Gasteiger partial charge in [0, 0.05) is 29.8 Å². The predicted molar refractivity (Wildman–Crippen MR) is 114 cm³/mol. The predicted octanol–water partition coefficient (Wildman–Crippen LogP) is 2.47. The number of hydrogen-bond donors (Lipinski definition) is 2. The summed E-state index contributed by atoms with van der Waals surface area (Å²) in [6.07, 6.45) is 1.24. The second-order valence-electron chi connectivity index (χ2n) is 7.05. The second kappa shape index (κ2) is 10.6. The number of rotatable bonds is 10. The average molecular weight is 420 g/mol. The summed E-state index contributed by atoms with van der Waals surface area (Å²) in [5, 5.41) is 13.2. The van der Waals surface area contributed by atoms with Crippen LogP contribution in [0.1, 0.15) is 17.5 Å². The zero-order valence-electron chi connectivity index (χ0n) is 17.0. The molecule has 0 bridgehead atoms. The van der Waals surface area contributed by atoms with E-state index in [1.54, 1.807) is 7.11 Å². The number of aliphatic hydroxyl groups is 1. The monoisotopic (exact) mass is 419 g/mol. The molecule has 29 heavy (non-hydrogen) atoms. The van der Waals surface area contributed by atoms with E-state index in [2.05, 4.69) is 5.32 Å². The van der Waals surface area contributed by atoms with Crippen molar-refractivity contribution in [3.63, 3.8) is 0 Å². The molecular weight excluding hydrogens is 390 g/mol. The fraction of sp³-hybridized carbons (Fsp3) is 0.455. The fourth-order valence-corrected chi connectivity index (χ4v) is 4.55. The third kappa shape index (κ3) is 5.95. The highest BCUT2D eigenvalue weighted by Crippen LogP contribution is 2.35. The molecule has 3 rings (SSSR count). The third-order valence-electron chi connectivity index (χ3n) is 4.81. The van der Waals surface area contributed by atoms with Crippen molar-refractivity contribution in [3.05, 3.63) is 47.5 Å². The topological polar surface area (TPSA) is 77.0 Å². The summed E-state index contributed by atoms with van der Waals surface area (Å²) >= 11 is 0. The number of fused-ring (bicyclic) bond motifs is 1. The lowest BCUT2D eigenvalue weighted by molar-refractivity contribution is 0.105. The number of aliphatic hydroxyl groups excluding tert-OH is 1. The summed E-state index contributed by atoms with van der Waals surface area (Å²) in [6, 6.07) is 11.5. The van der Waals surface area contributed by atoms with Gasteiger partial charge in [-0.25, -0.2) is 0 Å². The van der Waals surface area contributed by atoms with Crippen LogP contribution in [0.4, 0.5) is 0 Å². The minimum atomic E-state index is -0.969. The van der Waals surface area contributed by atoms with Gasteiger partial charge in [-0.3, -0.25) is 4.21 Å². The lowest BCUT2D eigenvalue weighted by Gasteiger charge is -2.19. The van der Waals surface area contributed by atoms with Gasteiger partial charge in [0.2, 0.25) is 0 Å². The summed E-state index contributed by atoms with van der Waals surface area (Å²) in [6.45, 7) is 3.57. The van der Waals surface area contributed by atoms with Gasteiger partial charge in [-0.2, -0.15) is 0 Å². The molecule has 0 fully saturated rings. The van der Waals surface area contributed by atoms with Crippen LogP contribution in [-0.2, 0) is 17.2 Å². The van der Waals surface area contributed by atoms with Gasteiger partial charge >= 0.3 is 0 Å². The first kappa shape index (κ1) is 21.6. The first-order valence-corrected chi connectivity index (χ1v) is 11.2. The largest absolute Gasteiger partial charge is 0.493 e. The lowest BCUT2D eigenvalue weighted by atomic mass is 10.1. The molecule has 2 N–H and O–H groups in total. The number of ether oxygens (including phenoxy) is 3. The SMILES string of the molecule is COc1cc2c(cc1OCCNCC(O)COc1ccccc1C)S(=O)CCC2. The normalized spacial score (nSPS) is 16.7. The number of hydrogen-bond acceptors (Lipinski definition) is 6. The zero-order chi connectivity index (χ0) is 20.6. The van der Waals surface area contributed by atoms with E-state index in [-0.39, 0.29) is 6.61 Å². The summed E-state index contributed by atoms with van der Waals surface area (Å²) in [5.41, 5.74) is 2.12. The van der Waals surface area contributed by atoms with E-state index in [4.69, 9.17) is 14.2 Å². The Labute approximate surface area is 174 Å². The van der Waals surface area contributed by atoms with Crippen molar-refractivity contribution in [1.29, 1.82) is 0 Å². The van der Waals surface area contributed by atoms with Gasteiger partial charge in [-0.05, 0) is 43.0 Å². The van der Waals surface area contributed by atoms with Crippen molar-refractivity contribution in [2.45, 2.75) is 30.8 Å². The molecule has 2 aromatic carbocycles. The molecule has 2 aromatic rings. The van der Waals surface area contributed by atoms with Crippen LogP contribution < -0.4 is 19.5 Å². The van der Waals surface area contributed by atoms with Crippen molar-refractivity contribution in [2.75, 3.05) is 39.2 Å². The molecule has 0 amide bonds. The molecule has 2 unspecified atom stereocenters. The maximum Gasteiger partial charge on any atom is 0.162 e. The van der Waals surface area contributed by atoms with Gasteiger partial charge in [0.25, 0.3) is 0 Å². The highest BCUT2D eigenvalue weighted by molar-refractivity contribution is 7.85. The van der Waals surface area contributed by atoms with E-state index in [1.807, 2.05) is 43.3 Å². The van der Waals surface area contributed by atoms with Gasteiger partial charge in [0.05, 0.1) is 17.9 Å². The fourth-order valence-electron chi connectivity index (χ4n) is 3.23. The molecule has 0 radical (unpaired) electrons. The smallest absolute Gasteiger partial charge is 0.162 e. The molecular formula is C22H29NO5S. The number of para-hydroxylation sites is 1. The Morgan fingerprint density at radius 2 is 2.00 bits per heavy atom. The van der Waals surface area contributed by atoms with E-state index in [0.29, 0.717) is 36.9 Å². The Bertz CT molecular complexity index is 842. The third-order valence-corrected chi connectivity index (χ3v) is 6.34. The highest BCUT2D eigenvalue weighted by Gasteiger charge is 2.19. The van der Waals surface area contributed by atoms with Crippen LogP contribution >= 0.6 is 0 Å². The zero-order valence-corrected chi connectivity index (χ0v) is 17.8. The first-order valence-electron chi connectivity index (χ1n) is 9.87. The van der Waals surface area contributed by atoms with Crippen molar-refractivity contribution < 1.29 is 23.5 Å². The molecule has 158 valence electrons. The van der Waals surface area contributed by atoms with E-state index >= 15 is 0 Å². The molecule has 1 aliphatic rings. The molecule has 6 nitrogen and oxygen atoms in total. The molecule has 1 heterocycles. The Morgan fingerprint density at radius 3 is 2.79 bits per heavy atom. The van der Waals surface area contributed by atoms with Gasteiger partial charge in [-0.1, -0.05) is 18.2 Å². The molecule has 1 aliphatic heterocycles. The van der Waals surface area contributed by atoms with Crippen molar-refractivity contribution in [3.8, 4) is 17.2 Å². The lowest BCUT2D eigenvalue weighted by Crippen LogP contribution is -2.33. The van der Waals surface area contributed by atoms with Crippen LogP contribution in [0.25, 0.3) is 0 Å². The summed E-state index contributed by atoms with van der Waals surface area (Å²) in [5.74, 6) is 2.75. The Balaban J connectivity index is 1.42. The maximum atomic E-state index is 12.2. The standard InChI is InChI=1S/C22H29NO5S/c1-16-6-3-4-8-19(16)28-15-18(24)14-23-9-10-27-21-13-22-17(12-20(21)26-2)7-5-11-29(22)25/h3-4,6,8,12-13,18,23-24H,5,7,9-11,14-15H2,1-2H3. The quantitative estimate of drug-likeness (QED) is 0.576. The summed E-state index contributed by atoms with van der Waals surface area (Å²) < 4.78 is 29.1. The van der Waals surface area contributed by atoms with E-state index in [1.165, 1.54) is 0 Å². The van der Waals surface area contributed by atoms with Crippen LogP contribution in [-0.4, -0.2) is 54.6 Å². The number of aryl methyl sites for hydroxylation is 2. The molecule has 7 heteroatoms. The van der Waals surface area contributed by atoms with Gasteiger partial charge < -0.3 is 24.6 Å². The number of nitrogens with one attached hydrogen (secondary N) is 1. The van der Waals surface area contributed by atoms with Gasteiger partial charge in [-0.15, -0.1) is 0 Å². The van der Waals surface area contributed by atoms with Crippen LogP contribution in [0.2, 0.25) is 0 Å². The van der Waals surface area contributed by atoms with E-state index < -0.39 is 16.9 Å². The average Bonchev–Trinajstić information content (AvgIpc) is 2.73. The number of benzene rings is 2. The van der Waals surface area contributed by atoms with Crippen LogP contribution in [0.5, 0.6) is 17.2 Å². The molecule has 0 saturated heterocycles. The van der Waals surface area contributed by atoms with E-state index in [0.717, 1.165) is 34.6 Å². The minimum Gasteiger partial charge on any atom is -0.493 e. The van der Waals surface area contributed by atoms with Crippen molar-refractivity contribution in [2.24, 2.45) is 0 Å². The number of methoxy groups -OCH3 is 1. The van der Waals surface area contributed by atoms with Crippen LogP contribution in [0.15, 0.2) is 41.3 Å². The van der Waals surface area contributed by atoms with E-state index in [9.17, 15) is 9.32 Å². The Hall–Kier alpha value is -2.09. The Kier molecular flexibility index (Phi) is 7.91. The first-order chi connectivity index (χ1) is 14.1. The summed E-state index contributed by atoms with van der Waals surface area (Å²) in [4.78, 5) is 0.851. The highest BCUT2D eigenvalue weighted by atomic mass is 32.2. The van der Waals surface area contributed by atoms with Crippen LogP contribution in [0, 0.1) is 6.92 Å². The molecule has 2 atom stereocenters. The second-order valence-corrected chi connectivity index (χ2v) is 8.59. The minimum absolute atomic E-state index is 0.225. The molecule has 0 spiro atoms. The van der Waals surface area contributed by atoms with Crippen LogP contribution in [0.3, 0.4) is 0 Å².